The third kappa shape index (κ3) is 1.57. The second-order valence-electron chi connectivity index (χ2n) is 3.43. The lowest BCUT2D eigenvalue weighted by molar-refractivity contribution is 0.419. The van der Waals surface area contributed by atoms with Gasteiger partial charge in [0.05, 0.1) is 18.2 Å². The number of pyridine rings is 1. The van der Waals surface area contributed by atoms with E-state index in [0.717, 1.165) is 5.69 Å². The average Bonchev–Trinajstić information content (AvgIpc) is 2.27. The summed E-state index contributed by atoms with van der Waals surface area (Å²) in [4.78, 5) is 4.23. The van der Waals surface area contributed by atoms with Crippen LogP contribution in [0.2, 0.25) is 0 Å². The van der Waals surface area contributed by atoms with Gasteiger partial charge >= 0.3 is 0 Å². The maximum Gasteiger partial charge on any atom is 0.130 e. The molecular weight excluding hydrogens is 207 g/mol. The molecule has 80 valence electrons. The lowest BCUT2D eigenvalue weighted by atomic mass is 10.1. The zero-order valence-electron chi connectivity index (χ0n) is 8.91. The van der Waals surface area contributed by atoms with E-state index in [2.05, 4.69) is 4.98 Å². The van der Waals surface area contributed by atoms with Crippen LogP contribution in [0.1, 0.15) is 11.3 Å². The standard InChI is InChI=1S/C12H9FN2O/c1-7-3-11(16-2)10-5-9(13)4-8(6-14)12(10)15-7/h3-5H,1-2H3. The topological polar surface area (TPSA) is 45.9 Å². The molecule has 3 nitrogen and oxygen atoms in total. The predicted molar refractivity (Wildman–Crippen MR) is 57.7 cm³/mol. The van der Waals surface area contributed by atoms with Crippen molar-refractivity contribution in [3.8, 4) is 11.8 Å². The summed E-state index contributed by atoms with van der Waals surface area (Å²) in [5.74, 6) is 0.0616. The van der Waals surface area contributed by atoms with Gasteiger partial charge in [-0.15, -0.1) is 0 Å². The predicted octanol–water partition coefficient (Wildman–Crippen LogP) is 2.56. The van der Waals surface area contributed by atoms with Crippen LogP contribution < -0.4 is 4.74 Å². The van der Waals surface area contributed by atoms with Crippen LogP contribution in [0.3, 0.4) is 0 Å². The smallest absolute Gasteiger partial charge is 0.130 e. The number of hydrogen-bond donors (Lipinski definition) is 0. The van der Waals surface area contributed by atoms with Crippen LogP contribution >= 0.6 is 0 Å². The molecule has 4 heteroatoms. The Morgan fingerprint density at radius 3 is 2.75 bits per heavy atom. The summed E-state index contributed by atoms with van der Waals surface area (Å²) in [5, 5.41) is 9.44. The van der Waals surface area contributed by atoms with E-state index < -0.39 is 5.82 Å². The monoisotopic (exact) mass is 216 g/mol. The minimum absolute atomic E-state index is 0.219. The van der Waals surface area contributed by atoms with E-state index in [4.69, 9.17) is 10.00 Å². The van der Waals surface area contributed by atoms with Gasteiger partial charge in [0.2, 0.25) is 0 Å². The molecule has 0 N–H and O–H groups in total. The first-order valence-electron chi connectivity index (χ1n) is 4.70. The number of aromatic nitrogens is 1. The quantitative estimate of drug-likeness (QED) is 0.735. The number of benzene rings is 1. The fraction of sp³-hybridized carbons (Fsp3) is 0.167. The molecule has 0 atom stereocenters. The van der Waals surface area contributed by atoms with Gasteiger partial charge in [0.1, 0.15) is 17.6 Å². The van der Waals surface area contributed by atoms with Gasteiger partial charge in [-0.1, -0.05) is 0 Å². The van der Waals surface area contributed by atoms with Gasteiger partial charge in [-0.3, -0.25) is 4.98 Å². The third-order valence-electron chi connectivity index (χ3n) is 2.31. The van der Waals surface area contributed by atoms with Gasteiger partial charge in [0, 0.05) is 17.1 Å². The summed E-state index contributed by atoms with van der Waals surface area (Å²) >= 11 is 0. The molecule has 2 aromatic rings. The number of fused-ring (bicyclic) bond motifs is 1. The van der Waals surface area contributed by atoms with E-state index in [9.17, 15) is 4.39 Å². The fourth-order valence-corrected chi connectivity index (χ4v) is 1.64. The van der Waals surface area contributed by atoms with Gasteiger partial charge in [-0.2, -0.15) is 5.26 Å². The lowest BCUT2D eigenvalue weighted by Gasteiger charge is -2.07. The molecule has 1 aromatic heterocycles. The molecule has 0 saturated carbocycles. The van der Waals surface area contributed by atoms with Crippen molar-refractivity contribution in [2.75, 3.05) is 7.11 Å². The van der Waals surface area contributed by atoms with Crippen LogP contribution in [0.5, 0.6) is 5.75 Å². The van der Waals surface area contributed by atoms with Crippen molar-refractivity contribution in [1.29, 1.82) is 5.26 Å². The Balaban J connectivity index is 2.94. The summed E-state index contributed by atoms with van der Waals surface area (Å²) in [6.07, 6.45) is 0. The first kappa shape index (κ1) is 10.4. The molecule has 0 aliphatic carbocycles. The molecule has 0 saturated heterocycles. The number of hydrogen-bond acceptors (Lipinski definition) is 3. The Morgan fingerprint density at radius 2 is 2.12 bits per heavy atom. The molecule has 0 aliphatic heterocycles. The Hall–Kier alpha value is -2.15. The number of halogens is 1. The van der Waals surface area contributed by atoms with E-state index >= 15 is 0 Å². The van der Waals surface area contributed by atoms with E-state index in [1.54, 1.807) is 13.0 Å². The highest BCUT2D eigenvalue weighted by Gasteiger charge is 2.10. The minimum Gasteiger partial charge on any atom is -0.496 e. The summed E-state index contributed by atoms with van der Waals surface area (Å²) in [5.41, 5.74) is 1.42. The molecule has 0 amide bonds. The van der Waals surface area contributed by atoms with Crippen molar-refractivity contribution in [3.05, 3.63) is 35.3 Å². The van der Waals surface area contributed by atoms with Crippen LogP contribution in [0, 0.1) is 24.1 Å². The Kier molecular flexibility index (Phi) is 2.45. The molecule has 1 heterocycles. The summed E-state index contributed by atoms with van der Waals surface area (Å²) in [6, 6.07) is 6.14. The second kappa shape index (κ2) is 3.78. The average molecular weight is 216 g/mol. The Morgan fingerprint density at radius 1 is 1.38 bits per heavy atom. The molecule has 0 bridgehead atoms. The lowest BCUT2D eigenvalue weighted by Crippen LogP contribution is -1.93. The van der Waals surface area contributed by atoms with Crippen LogP contribution in [0.15, 0.2) is 18.2 Å². The third-order valence-corrected chi connectivity index (χ3v) is 2.31. The number of methoxy groups -OCH3 is 1. The maximum atomic E-state index is 13.3. The van der Waals surface area contributed by atoms with E-state index in [0.29, 0.717) is 16.7 Å². The minimum atomic E-state index is -0.465. The van der Waals surface area contributed by atoms with Crippen molar-refractivity contribution < 1.29 is 9.13 Å². The second-order valence-corrected chi connectivity index (χ2v) is 3.43. The SMILES string of the molecule is COc1cc(C)nc2c(C#N)cc(F)cc12. The molecule has 0 radical (unpaired) electrons. The molecule has 1 aromatic carbocycles. The van der Waals surface area contributed by atoms with Gasteiger partial charge in [0.25, 0.3) is 0 Å². The van der Waals surface area contributed by atoms with Crippen molar-refractivity contribution >= 4 is 10.9 Å². The van der Waals surface area contributed by atoms with Gasteiger partial charge in [-0.05, 0) is 19.1 Å². The number of nitriles is 1. The number of nitrogens with zero attached hydrogens (tertiary/aromatic N) is 2. The fourth-order valence-electron chi connectivity index (χ4n) is 1.64. The molecule has 2 rings (SSSR count). The molecule has 0 unspecified atom stereocenters. The van der Waals surface area contributed by atoms with E-state index in [1.165, 1.54) is 19.2 Å². The molecule has 0 fully saturated rings. The van der Waals surface area contributed by atoms with Gasteiger partial charge < -0.3 is 4.74 Å². The van der Waals surface area contributed by atoms with Gasteiger partial charge in [0.15, 0.2) is 0 Å². The summed E-state index contributed by atoms with van der Waals surface area (Å²) in [6.45, 7) is 1.80. The summed E-state index contributed by atoms with van der Waals surface area (Å²) in [7, 11) is 1.51. The number of rotatable bonds is 1. The number of aryl methyl sites for hydroxylation is 1. The van der Waals surface area contributed by atoms with Crippen molar-refractivity contribution in [2.24, 2.45) is 0 Å². The zero-order valence-corrected chi connectivity index (χ0v) is 8.91. The van der Waals surface area contributed by atoms with Crippen LogP contribution in [0.4, 0.5) is 4.39 Å². The van der Waals surface area contributed by atoms with E-state index in [1.807, 2.05) is 6.07 Å². The van der Waals surface area contributed by atoms with Crippen LogP contribution in [-0.4, -0.2) is 12.1 Å². The van der Waals surface area contributed by atoms with E-state index in [-0.39, 0.29) is 5.56 Å². The highest BCUT2D eigenvalue weighted by molar-refractivity contribution is 5.89. The molecular formula is C12H9FN2O. The van der Waals surface area contributed by atoms with Crippen molar-refractivity contribution in [3.63, 3.8) is 0 Å². The molecule has 16 heavy (non-hydrogen) atoms. The first-order chi connectivity index (χ1) is 7.65. The maximum absolute atomic E-state index is 13.3. The first-order valence-corrected chi connectivity index (χ1v) is 4.70. The van der Waals surface area contributed by atoms with Crippen LogP contribution in [-0.2, 0) is 0 Å². The Bertz CT molecular complexity index is 602. The highest BCUT2D eigenvalue weighted by Crippen LogP contribution is 2.28. The van der Waals surface area contributed by atoms with Crippen LogP contribution in [0.25, 0.3) is 10.9 Å². The van der Waals surface area contributed by atoms with Crippen molar-refractivity contribution in [2.45, 2.75) is 6.92 Å². The normalized spacial score (nSPS) is 10.1. The number of ether oxygens (including phenoxy) is 1. The molecule has 0 spiro atoms. The largest absolute Gasteiger partial charge is 0.496 e. The Labute approximate surface area is 92.1 Å². The highest BCUT2D eigenvalue weighted by atomic mass is 19.1. The van der Waals surface area contributed by atoms with Crippen molar-refractivity contribution in [1.82, 2.24) is 4.98 Å². The molecule has 0 aliphatic rings. The van der Waals surface area contributed by atoms with Gasteiger partial charge in [-0.25, -0.2) is 4.39 Å². The zero-order chi connectivity index (χ0) is 11.7. The summed E-state index contributed by atoms with van der Waals surface area (Å²) < 4.78 is 18.4.